The van der Waals surface area contributed by atoms with Crippen LogP contribution >= 0.6 is 11.6 Å². The van der Waals surface area contributed by atoms with Gasteiger partial charge < -0.3 is 14.5 Å². The zero-order valence-electron chi connectivity index (χ0n) is 16.8. The van der Waals surface area contributed by atoms with Crippen LogP contribution in [-0.4, -0.2) is 49.6 Å². The number of anilines is 1. The molecule has 0 bridgehead atoms. The highest BCUT2D eigenvalue weighted by Gasteiger charge is 2.22. The number of amides is 1. The molecule has 0 atom stereocenters. The molecule has 3 rings (SSSR count). The van der Waals surface area contributed by atoms with E-state index >= 15 is 0 Å². The molecule has 0 N–H and O–H groups in total. The number of benzene rings is 2. The van der Waals surface area contributed by atoms with E-state index in [9.17, 15) is 9.59 Å². The van der Waals surface area contributed by atoms with Gasteiger partial charge in [0.1, 0.15) is 0 Å². The van der Waals surface area contributed by atoms with E-state index in [2.05, 4.69) is 11.8 Å². The standard InChI is InChI=1S/C23H27ClN2O3/c1-2-3-16-29-22(27)17-18-4-10-21(11-5-18)25-12-14-26(15-13-25)23(28)19-6-8-20(24)9-7-19/h4-11H,2-3,12-17H2,1H3. The van der Waals surface area contributed by atoms with Gasteiger partial charge >= 0.3 is 5.97 Å². The number of piperazine rings is 1. The normalized spacial score (nSPS) is 14.0. The van der Waals surface area contributed by atoms with Gasteiger partial charge in [-0.15, -0.1) is 0 Å². The van der Waals surface area contributed by atoms with Gasteiger partial charge in [-0.25, -0.2) is 0 Å². The fourth-order valence-corrected chi connectivity index (χ4v) is 3.44. The van der Waals surface area contributed by atoms with E-state index in [-0.39, 0.29) is 11.9 Å². The first kappa shape index (κ1) is 21.2. The second kappa shape index (κ2) is 10.3. The van der Waals surface area contributed by atoms with Crippen LogP contribution in [0.1, 0.15) is 35.7 Å². The Morgan fingerprint density at radius 3 is 2.24 bits per heavy atom. The van der Waals surface area contributed by atoms with E-state index < -0.39 is 0 Å². The maximum Gasteiger partial charge on any atom is 0.310 e. The Morgan fingerprint density at radius 2 is 1.62 bits per heavy atom. The van der Waals surface area contributed by atoms with Gasteiger partial charge in [0.25, 0.3) is 5.91 Å². The van der Waals surface area contributed by atoms with Crippen molar-refractivity contribution >= 4 is 29.2 Å². The molecule has 0 aliphatic carbocycles. The fourth-order valence-electron chi connectivity index (χ4n) is 3.32. The Kier molecular flexibility index (Phi) is 7.53. The molecule has 0 radical (unpaired) electrons. The summed E-state index contributed by atoms with van der Waals surface area (Å²) in [6.45, 7) is 5.46. The topological polar surface area (TPSA) is 49.9 Å². The maximum absolute atomic E-state index is 12.6. The molecule has 1 aliphatic heterocycles. The fraction of sp³-hybridized carbons (Fsp3) is 0.391. The lowest BCUT2D eigenvalue weighted by molar-refractivity contribution is -0.142. The van der Waals surface area contributed by atoms with Crippen LogP contribution in [0.25, 0.3) is 0 Å². The molecule has 2 aromatic carbocycles. The number of carbonyl (C=O) groups is 2. The van der Waals surface area contributed by atoms with Gasteiger partial charge in [0, 0.05) is 42.5 Å². The molecule has 0 spiro atoms. The lowest BCUT2D eigenvalue weighted by atomic mass is 10.1. The van der Waals surface area contributed by atoms with Gasteiger partial charge in [0.05, 0.1) is 13.0 Å². The number of ether oxygens (including phenoxy) is 1. The largest absolute Gasteiger partial charge is 0.465 e. The van der Waals surface area contributed by atoms with E-state index in [0.29, 0.717) is 36.7 Å². The highest BCUT2D eigenvalue weighted by molar-refractivity contribution is 6.30. The van der Waals surface area contributed by atoms with E-state index in [0.717, 1.165) is 37.2 Å². The quantitative estimate of drug-likeness (QED) is 0.503. The molecule has 2 aromatic rings. The van der Waals surface area contributed by atoms with E-state index in [4.69, 9.17) is 16.3 Å². The SMILES string of the molecule is CCCCOC(=O)Cc1ccc(N2CCN(C(=O)c3ccc(Cl)cc3)CC2)cc1. The summed E-state index contributed by atoms with van der Waals surface area (Å²) in [5, 5.41) is 0.629. The maximum atomic E-state index is 12.6. The highest BCUT2D eigenvalue weighted by Crippen LogP contribution is 2.19. The van der Waals surface area contributed by atoms with Crippen molar-refractivity contribution in [3.05, 3.63) is 64.7 Å². The Hall–Kier alpha value is -2.53. The Bertz CT molecular complexity index is 813. The van der Waals surface area contributed by atoms with E-state index in [1.807, 2.05) is 29.2 Å². The van der Waals surface area contributed by atoms with Gasteiger partial charge in [-0.2, -0.15) is 0 Å². The number of halogens is 1. The second-order valence-electron chi connectivity index (χ2n) is 7.20. The van der Waals surface area contributed by atoms with Crippen molar-refractivity contribution in [1.29, 1.82) is 0 Å². The lowest BCUT2D eigenvalue weighted by Crippen LogP contribution is -2.48. The molecule has 1 aliphatic rings. The van der Waals surface area contributed by atoms with Gasteiger partial charge in [-0.1, -0.05) is 37.1 Å². The summed E-state index contributed by atoms with van der Waals surface area (Å²) in [5.41, 5.74) is 2.72. The molecular weight excluding hydrogens is 388 g/mol. The number of hydrogen-bond acceptors (Lipinski definition) is 4. The minimum absolute atomic E-state index is 0.0400. The number of unbranched alkanes of at least 4 members (excludes halogenated alkanes) is 1. The van der Waals surface area contributed by atoms with Crippen molar-refractivity contribution in [2.45, 2.75) is 26.2 Å². The first-order valence-electron chi connectivity index (χ1n) is 10.1. The summed E-state index contributed by atoms with van der Waals surface area (Å²) in [6.07, 6.45) is 2.21. The van der Waals surface area contributed by atoms with Gasteiger partial charge in [-0.05, 0) is 48.4 Å². The minimum atomic E-state index is -0.180. The van der Waals surface area contributed by atoms with Crippen molar-refractivity contribution in [1.82, 2.24) is 4.90 Å². The molecular formula is C23H27ClN2O3. The molecule has 1 saturated heterocycles. The number of esters is 1. The molecule has 1 fully saturated rings. The average molecular weight is 415 g/mol. The Labute approximate surface area is 177 Å². The summed E-state index contributed by atoms with van der Waals surface area (Å²) in [5.74, 6) is -0.140. The molecule has 5 nitrogen and oxygen atoms in total. The van der Waals surface area contributed by atoms with Crippen LogP contribution in [0.5, 0.6) is 0 Å². The van der Waals surface area contributed by atoms with Crippen molar-refractivity contribution in [2.75, 3.05) is 37.7 Å². The minimum Gasteiger partial charge on any atom is -0.465 e. The zero-order chi connectivity index (χ0) is 20.6. The molecule has 6 heteroatoms. The summed E-state index contributed by atoms with van der Waals surface area (Å²) >= 11 is 5.90. The highest BCUT2D eigenvalue weighted by atomic mass is 35.5. The molecule has 0 unspecified atom stereocenters. The molecule has 154 valence electrons. The third kappa shape index (κ3) is 5.97. The number of carbonyl (C=O) groups excluding carboxylic acids is 2. The van der Waals surface area contributed by atoms with E-state index in [1.165, 1.54) is 0 Å². The third-order valence-electron chi connectivity index (χ3n) is 5.07. The zero-order valence-corrected chi connectivity index (χ0v) is 17.5. The molecule has 1 amide bonds. The van der Waals surface area contributed by atoms with Crippen molar-refractivity contribution < 1.29 is 14.3 Å². The van der Waals surface area contributed by atoms with Crippen LogP contribution < -0.4 is 4.90 Å². The van der Waals surface area contributed by atoms with Crippen molar-refractivity contribution in [3.63, 3.8) is 0 Å². The summed E-state index contributed by atoms with van der Waals surface area (Å²) in [7, 11) is 0. The molecule has 0 aromatic heterocycles. The summed E-state index contributed by atoms with van der Waals surface area (Å²) < 4.78 is 5.22. The van der Waals surface area contributed by atoms with Crippen LogP contribution in [0.4, 0.5) is 5.69 Å². The second-order valence-corrected chi connectivity index (χ2v) is 7.64. The predicted molar refractivity (Wildman–Crippen MR) is 116 cm³/mol. The van der Waals surface area contributed by atoms with Crippen LogP contribution in [0.3, 0.4) is 0 Å². The summed E-state index contributed by atoms with van der Waals surface area (Å²) in [6, 6.07) is 15.0. The van der Waals surface area contributed by atoms with Crippen LogP contribution in [0.2, 0.25) is 5.02 Å². The lowest BCUT2D eigenvalue weighted by Gasteiger charge is -2.36. The van der Waals surface area contributed by atoms with Crippen LogP contribution in [0.15, 0.2) is 48.5 Å². The van der Waals surface area contributed by atoms with Gasteiger partial charge in [0.2, 0.25) is 0 Å². The number of hydrogen-bond donors (Lipinski definition) is 0. The van der Waals surface area contributed by atoms with Crippen LogP contribution in [-0.2, 0) is 16.0 Å². The number of nitrogens with zero attached hydrogens (tertiary/aromatic N) is 2. The number of rotatable bonds is 7. The molecule has 1 heterocycles. The van der Waals surface area contributed by atoms with Crippen molar-refractivity contribution in [2.24, 2.45) is 0 Å². The summed E-state index contributed by atoms with van der Waals surface area (Å²) in [4.78, 5) is 28.6. The Balaban J connectivity index is 1.49. The molecule has 0 saturated carbocycles. The van der Waals surface area contributed by atoms with Crippen LogP contribution in [0, 0.1) is 0 Å². The van der Waals surface area contributed by atoms with E-state index in [1.54, 1.807) is 24.3 Å². The van der Waals surface area contributed by atoms with Gasteiger partial charge in [0.15, 0.2) is 0 Å². The average Bonchev–Trinajstić information content (AvgIpc) is 2.75. The Morgan fingerprint density at radius 1 is 0.966 bits per heavy atom. The predicted octanol–water partition coefficient (Wildman–Crippen LogP) is 4.19. The monoisotopic (exact) mass is 414 g/mol. The smallest absolute Gasteiger partial charge is 0.310 e. The van der Waals surface area contributed by atoms with Gasteiger partial charge in [-0.3, -0.25) is 9.59 Å². The third-order valence-corrected chi connectivity index (χ3v) is 5.32. The van der Waals surface area contributed by atoms with Crippen molar-refractivity contribution in [3.8, 4) is 0 Å². The first-order valence-corrected chi connectivity index (χ1v) is 10.5. The molecule has 29 heavy (non-hydrogen) atoms. The first-order chi connectivity index (χ1) is 14.1.